The molecule has 6 nitrogen and oxygen atoms in total. The molecule has 0 saturated heterocycles. The minimum atomic E-state index is -0.699. The Morgan fingerprint density at radius 2 is 1.45 bits per heavy atom. The second-order valence-corrected chi connectivity index (χ2v) is 8.97. The molecule has 2 aromatic carbocycles. The Morgan fingerprint density at radius 3 is 2.10 bits per heavy atom. The number of carbonyl (C=O) groups excluding carboxylic acids is 2. The van der Waals surface area contributed by atoms with Crippen LogP contribution in [0.15, 0.2) is 42.5 Å². The fourth-order valence-electron chi connectivity index (χ4n) is 3.08. The Kier molecular flexibility index (Phi) is 5.55. The summed E-state index contributed by atoms with van der Waals surface area (Å²) >= 11 is 0. The van der Waals surface area contributed by atoms with Gasteiger partial charge in [0.15, 0.2) is 11.5 Å². The molecule has 0 fully saturated rings. The van der Waals surface area contributed by atoms with Crippen molar-refractivity contribution in [2.24, 2.45) is 5.41 Å². The smallest absolute Gasteiger partial charge is 0.246 e. The van der Waals surface area contributed by atoms with Crippen molar-refractivity contribution in [1.29, 1.82) is 0 Å². The van der Waals surface area contributed by atoms with Crippen LogP contribution in [0.2, 0.25) is 0 Å². The highest BCUT2D eigenvalue weighted by Gasteiger charge is 2.31. The highest BCUT2D eigenvalue weighted by molar-refractivity contribution is 5.93. The van der Waals surface area contributed by atoms with Crippen molar-refractivity contribution in [3.63, 3.8) is 0 Å². The molecule has 0 bridgehead atoms. The zero-order chi connectivity index (χ0) is 21.2. The van der Waals surface area contributed by atoms with Gasteiger partial charge >= 0.3 is 0 Å². The lowest BCUT2D eigenvalue weighted by Gasteiger charge is -2.17. The lowest BCUT2D eigenvalue weighted by Crippen LogP contribution is -2.29. The molecule has 0 atom stereocenters. The van der Waals surface area contributed by atoms with Crippen LogP contribution in [-0.4, -0.2) is 17.6 Å². The number of amides is 2. The average Bonchev–Trinajstić information content (AvgIpc) is 2.88. The molecule has 2 N–H and O–H groups in total. The van der Waals surface area contributed by atoms with Gasteiger partial charge in [0, 0.05) is 37.7 Å². The summed E-state index contributed by atoms with van der Waals surface area (Å²) in [7, 11) is 0. The first-order valence-electron chi connectivity index (χ1n) is 9.70. The first kappa shape index (κ1) is 20.7. The predicted octanol–water partition coefficient (Wildman–Crippen LogP) is 4.75. The second kappa shape index (κ2) is 7.78. The molecule has 0 saturated carbocycles. The van der Waals surface area contributed by atoms with Gasteiger partial charge in [0.25, 0.3) is 0 Å². The van der Waals surface area contributed by atoms with Crippen molar-refractivity contribution in [2.75, 3.05) is 10.6 Å². The Labute approximate surface area is 171 Å². The summed E-state index contributed by atoms with van der Waals surface area (Å²) in [5.41, 5.74) is 2.17. The molecule has 6 heteroatoms. The fraction of sp³-hybridized carbons (Fsp3) is 0.391. The molecule has 154 valence electrons. The van der Waals surface area contributed by atoms with Gasteiger partial charge in [0.05, 0.1) is 6.42 Å². The molecule has 2 amide bonds. The molecule has 0 spiro atoms. The van der Waals surface area contributed by atoms with Crippen LogP contribution in [0.25, 0.3) is 0 Å². The molecule has 0 radical (unpaired) electrons. The van der Waals surface area contributed by atoms with E-state index >= 15 is 0 Å². The Hall–Kier alpha value is -3.02. The van der Waals surface area contributed by atoms with E-state index in [4.69, 9.17) is 9.47 Å². The molecule has 0 aromatic heterocycles. The zero-order valence-electron chi connectivity index (χ0n) is 17.6. The van der Waals surface area contributed by atoms with E-state index in [0.29, 0.717) is 23.6 Å². The summed E-state index contributed by atoms with van der Waals surface area (Å²) in [6, 6.07) is 12.6. The van der Waals surface area contributed by atoms with Crippen LogP contribution < -0.4 is 20.1 Å². The van der Waals surface area contributed by atoms with Gasteiger partial charge in [0.2, 0.25) is 17.6 Å². The maximum absolute atomic E-state index is 12.4. The van der Waals surface area contributed by atoms with Gasteiger partial charge in [-0.15, -0.1) is 0 Å². The van der Waals surface area contributed by atoms with Gasteiger partial charge in [-0.1, -0.05) is 32.9 Å². The Balaban J connectivity index is 1.54. The number of hydrogen-bond acceptors (Lipinski definition) is 4. The topological polar surface area (TPSA) is 76.7 Å². The third-order valence-corrected chi connectivity index (χ3v) is 4.23. The van der Waals surface area contributed by atoms with Gasteiger partial charge in [-0.05, 0) is 35.2 Å². The number of anilines is 2. The van der Waals surface area contributed by atoms with E-state index in [1.54, 1.807) is 18.2 Å². The lowest BCUT2D eigenvalue weighted by molar-refractivity contribution is -0.118. The molecule has 1 aliphatic rings. The van der Waals surface area contributed by atoms with Crippen molar-refractivity contribution in [3.8, 4) is 11.5 Å². The highest BCUT2D eigenvalue weighted by atomic mass is 16.7. The molecular formula is C23H28N2O4. The van der Waals surface area contributed by atoms with Gasteiger partial charge in [-0.3, -0.25) is 9.59 Å². The van der Waals surface area contributed by atoms with E-state index < -0.39 is 5.79 Å². The van der Waals surface area contributed by atoms with Crippen LogP contribution in [0, 0.1) is 5.41 Å². The van der Waals surface area contributed by atoms with Crippen LogP contribution in [0.4, 0.5) is 11.4 Å². The summed E-state index contributed by atoms with van der Waals surface area (Å²) in [6.07, 6.45) is 0.681. The van der Waals surface area contributed by atoms with Crippen molar-refractivity contribution in [3.05, 3.63) is 48.0 Å². The normalized spacial score (nSPS) is 14.4. The molecule has 0 aliphatic carbocycles. The first-order chi connectivity index (χ1) is 13.5. The van der Waals surface area contributed by atoms with Crippen LogP contribution in [-0.2, 0) is 16.0 Å². The van der Waals surface area contributed by atoms with Gasteiger partial charge in [-0.2, -0.15) is 0 Å². The molecule has 1 heterocycles. The maximum Gasteiger partial charge on any atom is 0.246 e. The number of rotatable bonds is 5. The van der Waals surface area contributed by atoms with Crippen LogP contribution >= 0.6 is 0 Å². The second-order valence-electron chi connectivity index (χ2n) is 8.97. The van der Waals surface area contributed by atoms with Gasteiger partial charge in [-0.25, -0.2) is 0 Å². The molecular weight excluding hydrogens is 368 g/mol. The van der Waals surface area contributed by atoms with Crippen LogP contribution in [0.1, 0.15) is 46.6 Å². The van der Waals surface area contributed by atoms with Crippen molar-refractivity contribution < 1.29 is 19.1 Å². The largest absolute Gasteiger partial charge is 0.449 e. The van der Waals surface area contributed by atoms with Crippen molar-refractivity contribution >= 4 is 23.2 Å². The summed E-state index contributed by atoms with van der Waals surface area (Å²) in [4.78, 5) is 24.4. The van der Waals surface area contributed by atoms with Gasteiger partial charge in [0.1, 0.15) is 0 Å². The van der Waals surface area contributed by atoms with E-state index in [-0.39, 0.29) is 23.7 Å². The van der Waals surface area contributed by atoms with Crippen LogP contribution in [0.5, 0.6) is 11.5 Å². The number of benzene rings is 2. The molecule has 2 aromatic rings. The van der Waals surface area contributed by atoms with E-state index in [9.17, 15) is 9.59 Å². The minimum Gasteiger partial charge on any atom is -0.449 e. The van der Waals surface area contributed by atoms with Crippen molar-refractivity contribution in [1.82, 2.24) is 0 Å². The lowest BCUT2D eigenvalue weighted by atomic mass is 9.92. The first-order valence-corrected chi connectivity index (χ1v) is 9.70. The quantitative estimate of drug-likeness (QED) is 0.765. The predicted molar refractivity (Wildman–Crippen MR) is 113 cm³/mol. The van der Waals surface area contributed by atoms with E-state index in [1.165, 1.54) is 0 Å². The minimum absolute atomic E-state index is 0.0195. The average molecular weight is 396 g/mol. The summed E-state index contributed by atoms with van der Waals surface area (Å²) in [5.74, 6) is 0.427. The Morgan fingerprint density at radius 1 is 0.862 bits per heavy atom. The SMILES string of the molecule is CC(C)(C)CC(=O)Nc1ccc(CC(=O)Nc2ccc3c(c2)OC(C)(C)O3)cc1. The fourth-order valence-corrected chi connectivity index (χ4v) is 3.08. The van der Waals surface area contributed by atoms with Crippen LogP contribution in [0.3, 0.4) is 0 Å². The number of fused-ring (bicyclic) bond motifs is 1. The van der Waals surface area contributed by atoms with E-state index in [2.05, 4.69) is 10.6 Å². The number of ether oxygens (including phenoxy) is 2. The number of hydrogen-bond donors (Lipinski definition) is 2. The summed E-state index contributed by atoms with van der Waals surface area (Å²) in [5, 5.41) is 5.76. The Bertz CT molecular complexity index is 911. The maximum atomic E-state index is 12.4. The molecule has 29 heavy (non-hydrogen) atoms. The molecule has 1 aliphatic heterocycles. The number of nitrogens with one attached hydrogen (secondary N) is 2. The standard InChI is InChI=1S/C23H28N2O4/c1-22(2,3)14-21(27)24-16-8-6-15(7-9-16)12-20(26)25-17-10-11-18-19(13-17)29-23(4,5)28-18/h6-11,13H,12,14H2,1-5H3,(H,24,27)(H,25,26). The third kappa shape index (κ3) is 5.98. The van der Waals surface area contributed by atoms with E-state index in [0.717, 1.165) is 11.3 Å². The summed E-state index contributed by atoms with van der Waals surface area (Å²) in [6.45, 7) is 9.74. The zero-order valence-corrected chi connectivity index (χ0v) is 17.6. The summed E-state index contributed by atoms with van der Waals surface area (Å²) < 4.78 is 11.4. The molecule has 3 rings (SSSR count). The molecule has 0 unspecified atom stereocenters. The van der Waals surface area contributed by atoms with Crippen molar-refractivity contribution in [2.45, 2.75) is 53.2 Å². The van der Waals surface area contributed by atoms with Gasteiger partial charge < -0.3 is 20.1 Å². The number of carbonyl (C=O) groups is 2. The third-order valence-electron chi connectivity index (χ3n) is 4.23. The van der Waals surface area contributed by atoms with E-state index in [1.807, 2.05) is 58.9 Å². The highest BCUT2D eigenvalue weighted by Crippen LogP contribution is 2.40. The monoisotopic (exact) mass is 396 g/mol.